The second kappa shape index (κ2) is 9.23. The molecule has 5 heteroatoms. The molecule has 1 aromatic heterocycles. The van der Waals surface area contributed by atoms with Crippen molar-refractivity contribution in [1.82, 2.24) is 15.1 Å². The van der Waals surface area contributed by atoms with E-state index in [9.17, 15) is 4.79 Å². The van der Waals surface area contributed by atoms with E-state index in [2.05, 4.69) is 28.4 Å². The van der Waals surface area contributed by atoms with Gasteiger partial charge in [0.05, 0.1) is 5.69 Å². The molecule has 2 aromatic rings. The summed E-state index contributed by atoms with van der Waals surface area (Å²) in [4.78, 5) is 13.0. The minimum Gasteiger partial charge on any atom is -0.480 e. The van der Waals surface area contributed by atoms with Crippen molar-refractivity contribution < 1.29 is 9.90 Å². The molecule has 24 heavy (non-hydrogen) atoms. The van der Waals surface area contributed by atoms with Gasteiger partial charge in [0.2, 0.25) is 0 Å². The molecule has 5 nitrogen and oxygen atoms in total. The number of H-pyrrole nitrogens is 1. The molecule has 0 saturated heterocycles. The summed E-state index contributed by atoms with van der Waals surface area (Å²) in [7, 11) is 1.89. The minimum absolute atomic E-state index is 0.369. The van der Waals surface area contributed by atoms with Gasteiger partial charge in [-0.05, 0) is 45.3 Å². The molecule has 2 rings (SSSR count). The third kappa shape index (κ3) is 5.20. The highest BCUT2D eigenvalue weighted by Crippen LogP contribution is 2.18. The maximum absolute atomic E-state index is 11.1. The number of nitrogens with one attached hydrogen (secondary N) is 1. The molecular formula is C19H27N3O2. The number of carboxylic acids is 1. The van der Waals surface area contributed by atoms with Gasteiger partial charge >= 0.3 is 5.97 Å². The van der Waals surface area contributed by atoms with E-state index in [1.54, 1.807) is 0 Å². The van der Waals surface area contributed by atoms with Crippen molar-refractivity contribution in [2.75, 3.05) is 13.6 Å². The predicted molar refractivity (Wildman–Crippen MR) is 95.9 cm³/mol. The number of hydrogen-bond acceptors (Lipinski definition) is 3. The Bertz CT molecular complexity index is 625. The largest absolute Gasteiger partial charge is 0.480 e. The van der Waals surface area contributed by atoms with Crippen LogP contribution in [-0.2, 0) is 11.2 Å². The number of unbranched alkanes of at least 4 members (excludes halogenated alkanes) is 2. The van der Waals surface area contributed by atoms with E-state index in [1.165, 1.54) is 0 Å². The molecule has 1 aromatic carbocycles. The minimum atomic E-state index is -0.731. The lowest BCUT2D eigenvalue weighted by Gasteiger charge is -2.23. The van der Waals surface area contributed by atoms with Crippen molar-refractivity contribution in [2.24, 2.45) is 0 Å². The van der Waals surface area contributed by atoms with Crippen molar-refractivity contribution in [3.63, 3.8) is 0 Å². The molecule has 1 unspecified atom stereocenters. The van der Waals surface area contributed by atoms with Crippen LogP contribution >= 0.6 is 0 Å². The number of aliphatic carboxylic acids is 1. The number of carboxylic acid groups (broad SMARTS) is 1. The summed E-state index contributed by atoms with van der Waals surface area (Å²) in [6, 6.07) is 11.9. The zero-order valence-corrected chi connectivity index (χ0v) is 14.5. The van der Waals surface area contributed by atoms with Crippen LogP contribution in [0.4, 0.5) is 0 Å². The lowest BCUT2D eigenvalue weighted by molar-refractivity contribution is -0.142. The van der Waals surface area contributed by atoms with Crippen molar-refractivity contribution >= 4 is 5.97 Å². The average Bonchev–Trinajstić information content (AvgIpc) is 3.04. The number of nitrogens with zero attached hydrogens (tertiary/aromatic N) is 2. The van der Waals surface area contributed by atoms with Crippen LogP contribution in [0.15, 0.2) is 36.4 Å². The van der Waals surface area contributed by atoms with E-state index in [0.29, 0.717) is 6.42 Å². The molecule has 130 valence electrons. The first-order valence-electron chi connectivity index (χ1n) is 8.64. The molecule has 0 aliphatic carbocycles. The fourth-order valence-electron chi connectivity index (χ4n) is 2.93. The van der Waals surface area contributed by atoms with E-state index in [4.69, 9.17) is 5.11 Å². The van der Waals surface area contributed by atoms with E-state index in [0.717, 1.165) is 49.2 Å². The van der Waals surface area contributed by atoms with Gasteiger partial charge in [-0.3, -0.25) is 14.8 Å². The summed E-state index contributed by atoms with van der Waals surface area (Å²) >= 11 is 0. The number of aromatic nitrogens is 2. The smallest absolute Gasteiger partial charge is 0.320 e. The van der Waals surface area contributed by atoms with Gasteiger partial charge in [0.25, 0.3) is 0 Å². The Balaban J connectivity index is 1.70. The van der Waals surface area contributed by atoms with Crippen LogP contribution in [0.5, 0.6) is 0 Å². The van der Waals surface area contributed by atoms with Crippen LogP contribution in [0.2, 0.25) is 0 Å². The Kier molecular flexibility index (Phi) is 7.00. The van der Waals surface area contributed by atoms with Crippen LogP contribution in [-0.4, -0.2) is 45.8 Å². The van der Waals surface area contributed by atoms with Crippen molar-refractivity contribution in [3.05, 3.63) is 42.1 Å². The van der Waals surface area contributed by atoms with Crippen LogP contribution in [0, 0.1) is 0 Å². The van der Waals surface area contributed by atoms with Gasteiger partial charge in [0, 0.05) is 11.3 Å². The quantitative estimate of drug-likeness (QED) is 0.654. The fourth-order valence-corrected chi connectivity index (χ4v) is 2.93. The Morgan fingerprint density at radius 3 is 2.67 bits per heavy atom. The summed E-state index contributed by atoms with van der Waals surface area (Å²) in [6.07, 6.45) is 4.79. The lowest BCUT2D eigenvalue weighted by atomic mass is 10.1. The first-order valence-corrected chi connectivity index (χ1v) is 8.64. The number of benzene rings is 1. The SMILES string of the molecule is CCC(C(=O)O)N(C)CCCCCc1cc(-c2ccccc2)n[nH]1. The van der Waals surface area contributed by atoms with E-state index in [-0.39, 0.29) is 6.04 Å². The van der Waals surface area contributed by atoms with Crippen LogP contribution in [0.3, 0.4) is 0 Å². The molecule has 0 spiro atoms. The third-order valence-corrected chi connectivity index (χ3v) is 4.36. The standard InChI is InChI=1S/C19H27N3O2/c1-3-18(19(23)24)22(2)13-9-5-8-12-16-14-17(21-20-16)15-10-6-4-7-11-15/h4,6-7,10-11,14,18H,3,5,8-9,12-13H2,1-2H3,(H,20,21)(H,23,24). The Morgan fingerprint density at radius 1 is 1.25 bits per heavy atom. The second-order valence-corrected chi connectivity index (χ2v) is 6.20. The molecule has 1 heterocycles. The topological polar surface area (TPSA) is 69.2 Å². The summed E-state index contributed by atoms with van der Waals surface area (Å²) in [6.45, 7) is 2.74. The number of aromatic amines is 1. The van der Waals surface area contributed by atoms with Gasteiger partial charge < -0.3 is 5.11 Å². The Hall–Kier alpha value is -2.14. The zero-order chi connectivity index (χ0) is 17.4. The van der Waals surface area contributed by atoms with Crippen LogP contribution < -0.4 is 0 Å². The van der Waals surface area contributed by atoms with Gasteiger partial charge in [0.15, 0.2) is 0 Å². The molecular weight excluding hydrogens is 302 g/mol. The maximum atomic E-state index is 11.1. The average molecular weight is 329 g/mol. The number of rotatable bonds is 10. The number of aryl methyl sites for hydroxylation is 1. The van der Waals surface area contributed by atoms with Crippen LogP contribution in [0.25, 0.3) is 11.3 Å². The number of likely N-dealkylation sites (N-methyl/N-ethyl adjacent to an activating group) is 1. The Labute approximate surface area is 143 Å². The van der Waals surface area contributed by atoms with Gasteiger partial charge in [-0.2, -0.15) is 5.10 Å². The highest BCUT2D eigenvalue weighted by molar-refractivity contribution is 5.73. The predicted octanol–water partition coefficient (Wildman–Crippen LogP) is 3.58. The maximum Gasteiger partial charge on any atom is 0.320 e. The number of hydrogen-bond donors (Lipinski definition) is 2. The van der Waals surface area contributed by atoms with E-state index < -0.39 is 5.97 Å². The lowest BCUT2D eigenvalue weighted by Crippen LogP contribution is -2.38. The molecule has 0 amide bonds. The fraction of sp³-hybridized carbons (Fsp3) is 0.474. The molecule has 0 saturated carbocycles. The summed E-state index contributed by atoms with van der Waals surface area (Å²) < 4.78 is 0. The van der Waals surface area contributed by atoms with Gasteiger partial charge in [-0.25, -0.2) is 0 Å². The second-order valence-electron chi connectivity index (χ2n) is 6.20. The highest BCUT2D eigenvalue weighted by Gasteiger charge is 2.19. The molecule has 0 fully saturated rings. The summed E-state index contributed by atoms with van der Waals surface area (Å²) in [5.41, 5.74) is 3.26. The van der Waals surface area contributed by atoms with E-state index >= 15 is 0 Å². The summed E-state index contributed by atoms with van der Waals surface area (Å²) in [5, 5.41) is 16.6. The molecule has 0 radical (unpaired) electrons. The van der Waals surface area contributed by atoms with Gasteiger partial charge in [0.1, 0.15) is 6.04 Å². The first kappa shape index (κ1) is 18.2. The molecule has 1 atom stereocenters. The zero-order valence-electron chi connectivity index (χ0n) is 14.5. The van der Waals surface area contributed by atoms with E-state index in [1.807, 2.05) is 37.1 Å². The highest BCUT2D eigenvalue weighted by atomic mass is 16.4. The molecule has 0 aliphatic heterocycles. The van der Waals surface area contributed by atoms with Crippen molar-refractivity contribution in [1.29, 1.82) is 0 Å². The van der Waals surface area contributed by atoms with Crippen LogP contribution in [0.1, 0.15) is 38.3 Å². The van der Waals surface area contributed by atoms with Gasteiger partial charge in [-0.1, -0.05) is 43.7 Å². The van der Waals surface area contributed by atoms with Gasteiger partial charge in [-0.15, -0.1) is 0 Å². The van der Waals surface area contributed by atoms with Crippen molar-refractivity contribution in [3.8, 4) is 11.3 Å². The third-order valence-electron chi connectivity index (χ3n) is 4.36. The van der Waals surface area contributed by atoms with Crippen molar-refractivity contribution in [2.45, 2.75) is 45.1 Å². The molecule has 0 bridgehead atoms. The summed E-state index contributed by atoms with van der Waals surface area (Å²) in [5.74, 6) is -0.731. The Morgan fingerprint density at radius 2 is 2.00 bits per heavy atom. The molecule has 0 aliphatic rings. The normalized spacial score (nSPS) is 12.5. The number of carbonyl (C=O) groups is 1. The first-order chi connectivity index (χ1) is 11.6. The monoisotopic (exact) mass is 329 g/mol. The molecule has 2 N–H and O–H groups in total.